The second-order valence-corrected chi connectivity index (χ2v) is 6.75. The molecule has 4 heteroatoms. The van der Waals surface area contributed by atoms with Crippen LogP contribution in [0.25, 0.3) is 0 Å². The number of benzene rings is 1. The number of aryl methyl sites for hydroxylation is 2. The first kappa shape index (κ1) is 14.4. The normalized spacial score (nSPS) is 10.7. The number of carbonyl (C=O) groups is 1. The van der Waals surface area contributed by atoms with Gasteiger partial charge in [-0.15, -0.1) is 11.3 Å². The van der Waals surface area contributed by atoms with Crippen molar-refractivity contribution in [1.29, 1.82) is 0 Å². The smallest absolute Gasteiger partial charge is 0.189 e. The predicted molar refractivity (Wildman–Crippen MR) is 81.9 cm³/mol. The number of rotatable bonds is 5. The molecule has 0 N–H and O–H groups in total. The number of thiophene rings is 1. The molecule has 19 heavy (non-hydrogen) atoms. The molecule has 1 heterocycles. The average Bonchev–Trinajstić information content (AvgIpc) is 2.68. The van der Waals surface area contributed by atoms with Crippen molar-refractivity contribution >= 4 is 33.0 Å². The molecular formula is C15H15BrO2S. The Morgan fingerprint density at radius 3 is 2.74 bits per heavy atom. The van der Waals surface area contributed by atoms with Gasteiger partial charge in [-0.2, -0.15) is 0 Å². The summed E-state index contributed by atoms with van der Waals surface area (Å²) >= 11 is 5.06. The topological polar surface area (TPSA) is 26.3 Å². The van der Waals surface area contributed by atoms with E-state index in [1.165, 1.54) is 0 Å². The lowest BCUT2D eigenvalue weighted by Gasteiger charge is -2.04. The number of Topliss-reactive ketones (excluding diaryl/α,β-unsaturated/α-hetero) is 1. The van der Waals surface area contributed by atoms with Crippen LogP contribution in [-0.2, 0) is 11.3 Å². The fraction of sp³-hybridized carbons (Fsp3) is 0.267. The third-order valence-electron chi connectivity index (χ3n) is 2.73. The van der Waals surface area contributed by atoms with Gasteiger partial charge in [0.1, 0.15) is 6.61 Å². The summed E-state index contributed by atoms with van der Waals surface area (Å²) in [6, 6.07) is 9.83. The number of carbonyl (C=O) groups excluding carboxylic acids is 1. The molecule has 2 aromatic rings. The van der Waals surface area contributed by atoms with Crippen LogP contribution in [0.4, 0.5) is 0 Å². The molecule has 0 unspecified atom stereocenters. The Kier molecular flexibility index (Phi) is 4.91. The third kappa shape index (κ3) is 4.00. The SMILES string of the molecule is Cc1cc(C(=O)COCc2cccc(Br)c2)c(C)s1. The zero-order chi connectivity index (χ0) is 13.8. The molecule has 0 aliphatic rings. The Bertz CT molecular complexity index is 590. The zero-order valence-corrected chi connectivity index (χ0v) is 13.3. The fourth-order valence-corrected chi connectivity index (χ4v) is 3.26. The summed E-state index contributed by atoms with van der Waals surface area (Å²) in [6.45, 7) is 4.56. The van der Waals surface area contributed by atoms with Crippen molar-refractivity contribution in [3.05, 3.63) is 55.7 Å². The van der Waals surface area contributed by atoms with Crippen molar-refractivity contribution in [2.75, 3.05) is 6.61 Å². The lowest BCUT2D eigenvalue weighted by atomic mass is 10.2. The molecule has 0 spiro atoms. The summed E-state index contributed by atoms with van der Waals surface area (Å²) in [5, 5.41) is 0. The Hall–Kier alpha value is -0.970. The highest BCUT2D eigenvalue weighted by molar-refractivity contribution is 9.10. The molecule has 1 aromatic carbocycles. The van der Waals surface area contributed by atoms with E-state index in [1.807, 2.05) is 44.2 Å². The van der Waals surface area contributed by atoms with E-state index in [0.717, 1.165) is 25.4 Å². The van der Waals surface area contributed by atoms with Crippen LogP contribution < -0.4 is 0 Å². The summed E-state index contributed by atoms with van der Waals surface area (Å²) in [4.78, 5) is 14.2. The van der Waals surface area contributed by atoms with Crippen molar-refractivity contribution in [1.82, 2.24) is 0 Å². The molecular weight excluding hydrogens is 324 g/mol. The Balaban J connectivity index is 1.89. The van der Waals surface area contributed by atoms with Gasteiger partial charge >= 0.3 is 0 Å². The summed E-state index contributed by atoms with van der Waals surface area (Å²) in [5.74, 6) is 0.0526. The van der Waals surface area contributed by atoms with E-state index < -0.39 is 0 Å². The van der Waals surface area contributed by atoms with E-state index in [-0.39, 0.29) is 12.4 Å². The minimum atomic E-state index is 0.0526. The number of halogens is 1. The monoisotopic (exact) mass is 338 g/mol. The average molecular weight is 339 g/mol. The Morgan fingerprint density at radius 2 is 2.11 bits per heavy atom. The van der Waals surface area contributed by atoms with E-state index in [2.05, 4.69) is 15.9 Å². The highest BCUT2D eigenvalue weighted by Gasteiger charge is 2.11. The lowest BCUT2D eigenvalue weighted by molar-refractivity contribution is 0.0726. The first-order chi connectivity index (χ1) is 9.06. The number of hydrogen-bond donors (Lipinski definition) is 0. The minimum absolute atomic E-state index is 0.0526. The summed E-state index contributed by atoms with van der Waals surface area (Å²) < 4.78 is 6.51. The van der Waals surface area contributed by atoms with E-state index in [0.29, 0.717) is 6.61 Å². The number of hydrogen-bond acceptors (Lipinski definition) is 3. The van der Waals surface area contributed by atoms with E-state index in [4.69, 9.17) is 4.74 Å². The van der Waals surface area contributed by atoms with Gasteiger partial charge in [0.05, 0.1) is 6.61 Å². The summed E-state index contributed by atoms with van der Waals surface area (Å²) in [6.07, 6.45) is 0. The lowest BCUT2D eigenvalue weighted by Crippen LogP contribution is -2.09. The van der Waals surface area contributed by atoms with Crippen molar-refractivity contribution in [3.8, 4) is 0 Å². The van der Waals surface area contributed by atoms with Crippen LogP contribution >= 0.6 is 27.3 Å². The first-order valence-electron chi connectivity index (χ1n) is 5.98. The van der Waals surface area contributed by atoms with Crippen LogP contribution in [0.15, 0.2) is 34.8 Å². The molecule has 0 saturated heterocycles. The largest absolute Gasteiger partial charge is 0.369 e. The van der Waals surface area contributed by atoms with Crippen LogP contribution in [0.5, 0.6) is 0 Å². The van der Waals surface area contributed by atoms with Gasteiger partial charge in [0, 0.05) is 19.8 Å². The first-order valence-corrected chi connectivity index (χ1v) is 7.59. The maximum Gasteiger partial charge on any atom is 0.189 e. The third-order valence-corrected chi connectivity index (χ3v) is 4.19. The molecule has 0 amide bonds. The van der Waals surface area contributed by atoms with Crippen LogP contribution in [0.2, 0.25) is 0 Å². The Labute approximate surface area is 125 Å². The van der Waals surface area contributed by atoms with Crippen LogP contribution in [0.1, 0.15) is 25.7 Å². The van der Waals surface area contributed by atoms with Crippen molar-refractivity contribution in [3.63, 3.8) is 0 Å². The van der Waals surface area contributed by atoms with Crippen molar-refractivity contribution in [2.45, 2.75) is 20.5 Å². The molecule has 1 aromatic heterocycles. The molecule has 0 bridgehead atoms. The molecule has 0 saturated carbocycles. The molecule has 0 aliphatic heterocycles. The van der Waals surface area contributed by atoms with E-state index in [1.54, 1.807) is 11.3 Å². The standard InChI is InChI=1S/C15H15BrO2S/c1-10-6-14(11(2)19-10)15(17)9-18-8-12-4-3-5-13(16)7-12/h3-7H,8-9H2,1-2H3. The van der Waals surface area contributed by atoms with Gasteiger partial charge in [0.25, 0.3) is 0 Å². The second kappa shape index (κ2) is 6.46. The molecule has 0 fully saturated rings. The fourth-order valence-electron chi connectivity index (χ4n) is 1.87. The van der Waals surface area contributed by atoms with Gasteiger partial charge in [-0.05, 0) is 37.6 Å². The van der Waals surface area contributed by atoms with Crippen molar-refractivity contribution < 1.29 is 9.53 Å². The maximum atomic E-state index is 12.0. The van der Waals surface area contributed by atoms with E-state index in [9.17, 15) is 4.79 Å². The van der Waals surface area contributed by atoms with E-state index >= 15 is 0 Å². The quantitative estimate of drug-likeness (QED) is 0.749. The van der Waals surface area contributed by atoms with Crippen LogP contribution in [0.3, 0.4) is 0 Å². The van der Waals surface area contributed by atoms with Gasteiger partial charge in [-0.1, -0.05) is 28.1 Å². The number of ether oxygens (including phenoxy) is 1. The predicted octanol–water partition coefficient (Wildman–Crippen LogP) is 4.53. The van der Waals surface area contributed by atoms with Crippen LogP contribution in [0, 0.1) is 13.8 Å². The van der Waals surface area contributed by atoms with Gasteiger partial charge in [0.15, 0.2) is 5.78 Å². The molecule has 0 radical (unpaired) electrons. The van der Waals surface area contributed by atoms with Gasteiger partial charge in [0.2, 0.25) is 0 Å². The maximum absolute atomic E-state index is 12.0. The molecule has 0 aliphatic carbocycles. The van der Waals surface area contributed by atoms with Gasteiger partial charge < -0.3 is 4.74 Å². The second-order valence-electron chi connectivity index (χ2n) is 4.37. The summed E-state index contributed by atoms with van der Waals surface area (Å²) in [5.41, 5.74) is 1.84. The zero-order valence-electron chi connectivity index (χ0n) is 10.9. The molecule has 2 rings (SSSR count). The molecule has 0 atom stereocenters. The highest BCUT2D eigenvalue weighted by atomic mass is 79.9. The van der Waals surface area contributed by atoms with Crippen molar-refractivity contribution in [2.24, 2.45) is 0 Å². The Morgan fingerprint density at radius 1 is 1.32 bits per heavy atom. The molecule has 2 nitrogen and oxygen atoms in total. The highest BCUT2D eigenvalue weighted by Crippen LogP contribution is 2.21. The minimum Gasteiger partial charge on any atom is -0.369 e. The van der Waals surface area contributed by atoms with Gasteiger partial charge in [-0.3, -0.25) is 4.79 Å². The van der Waals surface area contributed by atoms with Gasteiger partial charge in [-0.25, -0.2) is 0 Å². The number of ketones is 1. The summed E-state index contributed by atoms with van der Waals surface area (Å²) in [7, 11) is 0. The molecule has 100 valence electrons. The van der Waals surface area contributed by atoms with Crippen LogP contribution in [-0.4, -0.2) is 12.4 Å².